The molecule has 17 heavy (non-hydrogen) atoms. The number of piperazine rings is 1. The van der Waals surface area contributed by atoms with Gasteiger partial charge in [0.05, 0.1) is 13.2 Å². The van der Waals surface area contributed by atoms with E-state index in [0.717, 1.165) is 32.7 Å². The van der Waals surface area contributed by atoms with Crippen molar-refractivity contribution in [2.45, 2.75) is 38.8 Å². The molecule has 0 radical (unpaired) electrons. The van der Waals surface area contributed by atoms with Gasteiger partial charge in [0.2, 0.25) is 0 Å². The zero-order valence-corrected chi connectivity index (χ0v) is 11.6. The summed E-state index contributed by atoms with van der Waals surface area (Å²) in [7, 11) is 1.71. The first-order valence-electron chi connectivity index (χ1n) is 6.82. The molecule has 2 unspecified atom stereocenters. The number of hydrogen-bond donors (Lipinski definition) is 1. The van der Waals surface area contributed by atoms with Gasteiger partial charge >= 0.3 is 0 Å². The monoisotopic (exact) mass is 244 g/mol. The van der Waals surface area contributed by atoms with Crippen LogP contribution in [0.15, 0.2) is 0 Å². The van der Waals surface area contributed by atoms with Gasteiger partial charge in [0.15, 0.2) is 0 Å². The number of ether oxygens (including phenoxy) is 2. The van der Waals surface area contributed by atoms with Gasteiger partial charge in [-0.1, -0.05) is 6.92 Å². The van der Waals surface area contributed by atoms with Gasteiger partial charge in [0.1, 0.15) is 0 Å². The van der Waals surface area contributed by atoms with Gasteiger partial charge in [-0.15, -0.1) is 0 Å². The lowest BCUT2D eigenvalue weighted by atomic mass is 10.1. The molecular weight excluding hydrogens is 216 g/mol. The molecule has 4 nitrogen and oxygen atoms in total. The molecule has 1 N–H and O–H groups in total. The number of hydrogen-bond acceptors (Lipinski definition) is 4. The summed E-state index contributed by atoms with van der Waals surface area (Å²) >= 11 is 0. The summed E-state index contributed by atoms with van der Waals surface area (Å²) in [5, 5.41) is 3.54. The Bertz CT molecular complexity index is 190. The lowest BCUT2D eigenvalue weighted by Crippen LogP contribution is -2.55. The first-order chi connectivity index (χ1) is 8.27. The Balaban J connectivity index is 2.10. The van der Waals surface area contributed by atoms with E-state index >= 15 is 0 Å². The van der Waals surface area contributed by atoms with Gasteiger partial charge < -0.3 is 14.8 Å². The quantitative estimate of drug-likeness (QED) is 0.649. The normalized spacial score (nSPS) is 26.3. The summed E-state index contributed by atoms with van der Waals surface area (Å²) in [6.45, 7) is 10.2. The van der Waals surface area contributed by atoms with Crippen molar-refractivity contribution < 1.29 is 9.47 Å². The van der Waals surface area contributed by atoms with Crippen LogP contribution in [0.25, 0.3) is 0 Å². The lowest BCUT2D eigenvalue weighted by Gasteiger charge is -2.39. The minimum absolute atomic E-state index is 0.618. The molecule has 0 saturated carbocycles. The van der Waals surface area contributed by atoms with Crippen LogP contribution in [-0.2, 0) is 9.47 Å². The average molecular weight is 244 g/mol. The van der Waals surface area contributed by atoms with Gasteiger partial charge in [-0.25, -0.2) is 0 Å². The minimum Gasteiger partial charge on any atom is -0.382 e. The van der Waals surface area contributed by atoms with Gasteiger partial charge in [0.25, 0.3) is 0 Å². The van der Waals surface area contributed by atoms with Crippen LogP contribution in [-0.4, -0.2) is 63.5 Å². The fourth-order valence-corrected chi connectivity index (χ4v) is 2.32. The summed E-state index contributed by atoms with van der Waals surface area (Å²) < 4.78 is 10.4. The van der Waals surface area contributed by atoms with E-state index in [1.807, 2.05) is 0 Å². The number of nitrogens with zero attached hydrogens (tertiary/aromatic N) is 1. The highest BCUT2D eigenvalue weighted by Crippen LogP contribution is 2.10. The van der Waals surface area contributed by atoms with Crippen molar-refractivity contribution in [1.29, 1.82) is 0 Å². The highest BCUT2D eigenvalue weighted by atomic mass is 16.5. The van der Waals surface area contributed by atoms with E-state index in [0.29, 0.717) is 25.3 Å². The molecule has 0 spiro atoms. The van der Waals surface area contributed by atoms with Crippen LogP contribution < -0.4 is 5.32 Å². The van der Waals surface area contributed by atoms with Crippen LogP contribution in [0.1, 0.15) is 26.7 Å². The van der Waals surface area contributed by atoms with Crippen LogP contribution in [0, 0.1) is 0 Å². The maximum Gasteiger partial charge on any atom is 0.0700 e. The van der Waals surface area contributed by atoms with E-state index in [1.165, 1.54) is 6.42 Å². The third-order valence-corrected chi connectivity index (χ3v) is 3.36. The molecule has 1 heterocycles. The third kappa shape index (κ3) is 5.82. The first-order valence-corrected chi connectivity index (χ1v) is 6.82. The molecule has 102 valence electrons. The van der Waals surface area contributed by atoms with E-state index in [-0.39, 0.29) is 0 Å². The zero-order valence-electron chi connectivity index (χ0n) is 11.6. The van der Waals surface area contributed by atoms with E-state index < -0.39 is 0 Å². The summed E-state index contributed by atoms with van der Waals surface area (Å²) in [5.41, 5.74) is 0. The summed E-state index contributed by atoms with van der Waals surface area (Å²) in [4.78, 5) is 2.60. The molecular formula is C13H28N2O2. The molecule has 1 aliphatic heterocycles. The average Bonchev–Trinajstić information content (AvgIpc) is 2.34. The van der Waals surface area contributed by atoms with Crippen molar-refractivity contribution in [3.8, 4) is 0 Å². The van der Waals surface area contributed by atoms with E-state index in [9.17, 15) is 0 Å². The Hall–Kier alpha value is -0.160. The Morgan fingerprint density at radius 3 is 2.82 bits per heavy atom. The fraction of sp³-hybridized carbons (Fsp3) is 1.00. The summed E-state index contributed by atoms with van der Waals surface area (Å²) in [6, 6.07) is 1.32. The highest BCUT2D eigenvalue weighted by Gasteiger charge is 2.23. The van der Waals surface area contributed by atoms with Gasteiger partial charge in [-0.05, 0) is 19.8 Å². The number of nitrogens with one attached hydrogen (secondary N) is 1. The van der Waals surface area contributed by atoms with Crippen LogP contribution in [0.5, 0.6) is 0 Å². The van der Waals surface area contributed by atoms with Crippen LogP contribution in [0.3, 0.4) is 0 Å². The van der Waals surface area contributed by atoms with Crippen LogP contribution in [0.4, 0.5) is 0 Å². The predicted octanol–water partition coefficient (Wildman–Crippen LogP) is 1.11. The van der Waals surface area contributed by atoms with Gasteiger partial charge in [0, 0.05) is 45.4 Å². The number of methoxy groups -OCH3 is 1. The second-order valence-corrected chi connectivity index (χ2v) is 4.83. The molecule has 1 saturated heterocycles. The van der Waals surface area contributed by atoms with Crippen molar-refractivity contribution in [1.82, 2.24) is 10.2 Å². The maximum atomic E-state index is 5.49. The fourth-order valence-electron chi connectivity index (χ4n) is 2.32. The molecule has 0 amide bonds. The lowest BCUT2D eigenvalue weighted by molar-refractivity contribution is 0.0580. The van der Waals surface area contributed by atoms with Gasteiger partial charge in [-0.2, -0.15) is 0 Å². The Morgan fingerprint density at radius 2 is 2.12 bits per heavy atom. The zero-order chi connectivity index (χ0) is 12.5. The molecule has 0 aromatic carbocycles. The van der Waals surface area contributed by atoms with E-state index in [1.54, 1.807) is 7.11 Å². The molecule has 1 aliphatic rings. The second kappa shape index (κ2) is 8.86. The highest BCUT2D eigenvalue weighted by molar-refractivity contribution is 4.82. The topological polar surface area (TPSA) is 33.7 Å². The van der Waals surface area contributed by atoms with Crippen molar-refractivity contribution in [2.24, 2.45) is 0 Å². The standard InChI is InChI=1S/C13H28N2O2/c1-4-13-10-14-12(2)11-15(13)6-5-7-17-9-8-16-3/h12-14H,4-11H2,1-3H3. The third-order valence-electron chi connectivity index (χ3n) is 3.36. The smallest absolute Gasteiger partial charge is 0.0700 e. The van der Waals surface area contributed by atoms with E-state index in [2.05, 4.69) is 24.1 Å². The van der Waals surface area contributed by atoms with Crippen molar-refractivity contribution in [3.63, 3.8) is 0 Å². The Labute approximate surface area is 106 Å². The molecule has 0 aliphatic carbocycles. The maximum absolute atomic E-state index is 5.49. The van der Waals surface area contributed by atoms with Crippen LogP contribution >= 0.6 is 0 Å². The van der Waals surface area contributed by atoms with Gasteiger partial charge in [-0.3, -0.25) is 4.90 Å². The molecule has 1 rings (SSSR count). The van der Waals surface area contributed by atoms with Crippen molar-refractivity contribution >= 4 is 0 Å². The van der Waals surface area contributed by atoms with E-state index in [4.69, 9.17) is 9.47 Å². The second-order valence-electron chi connectivity index (χ2n) is 4.83. The molecule has 2 atom stereocenters. The predicted molar refractivity (Wildman–Crippen MR) is 70.4 cm³/mol. The Kier molecular flexibility index (Phi) is 7.77. The van der Waals surface area contributed by atoms with Crippen molar-refractivity contribution in [3.05, 3.63) is 0 Å². The molecule has 4 heteroatoms. The van der Waals surface area contributed by atoms with Crippen LogP contribution in [0.2, 0.25) is 0 Å². The Morgan fingerprint density at radius 1 is 1.29 bits per heavy atom. The molecule has 0 aromatic rings. The largest absolute Gasteiger partial charge is 0.382 e. The molecule has 0 bridgehead atoms. The molecule has 1 fully saturated rings. The number of rotatable bonds is 8. The summed E-state index contributed by atoms with van der Waals surface area (Å²) in [6.07, 6.45) is 2.34. The van der Waals surface area contributed by atoms with Crippen molar-refractivity contribution in [2.75, 3.05) is 46.6 Å². The molecule has 0 aromatic heterocycles. The first kappa shape index (κ1) is 14.9. The SMILES string of the molecule is CCC1CNC(C)CN1CCCOCCOC. The minimum atomic E-state index is 0.618. The summed E-state index contributed by atoms with van der Waals surface area (Å²) in [5.74, 6) is 0.